The van der Waals surface area contributed by atoms with Crippen molar-refractivity contribution >= 4 is 38.4 Å². The predicted octanol–water partition coefficient (Wildman–Crippen LogP) is 3.48. The van der Waals surface area contributed by atoms with Gasteiger partial charge in [-0.1, -0.05) is 11.6 Å². The molecule has 6 nitrogen and oxygen atoms in total. The molecule has 1 aliphatic heterocycles. The van der Waals surface area contributed by atoms with E-state index in [1.807, 2.05) is 0 Å². The number of fused-ring (bicyclic) bond motifs is 1. The number of amides is 1. The number of hydrogen-bond donors (Lipinski definition) is 0. The van der Waals surface area contributed by atoms with Crippen LogP contribution < -0.4 is 0 Å². The van der Waals surface area contributed by atoms with Crippen molar-refractivity contribution in [1.29, 1.82) is 0 Å². The van der Waals surface area contributed by atoms with Crippen molar-refractivity contribution in [2.24, 2.45) is 0 Å². The third kappa shape index (κ3) is 3.90. The minimum Gasteiger partial charge on any atom is -0.336 e. The first-order valence-corrected chi connectivity index (χ1v) is 11.2. The molecule has 1 fully saturated rings. The average Bonchev–Trinajstić information content (AvgIpc) is 2.73. The number of benzene rings is 2. The van der Waals surface area contributed by atoms with E-state index in [0.717, 1.165) is 23.0 Å². The van der Waals surface area contributed by atoms with Crippen molar-refractivity contribution in [1.82, 2.24) is 14.2 Å². The molecule has 1 amide bonds. The number of aryl methyl sites for hydroxylation is 1. The number of nitrogens with zero attached hydrogens (tertiary/aromatic N) is 3. The van der Waals surface area contributed by atoms with E-state index in [1.54, 1.807) is 36.1 Å². The Morgan fingerprint density at radius 2 is 1.70 bits per heavy atom. The zero-order valence-corrected chi connectivity index (χ0v) is 17.8. The second-order valence-corrected chi connectivity index (χ2v) is 9.48. The molecule has 0 aliphatic carbocycles. The number of carbonyl (C=O) groups is 1. The van der Waals surface area contributed by atoms with Crippen LogP contribution >= 0.6 is 11.6 Å². The summed E-state index contributed by atoms with van der Waals surface area (Å²) in [6.07, 6.45) is 0. The van der Waals surface area contributed by atoms with Gasteiger partial charge in [-0.25, -0.2) is 12.8 Å². The van der Waals surface area contributed by atoms with Gasteiger partial charge in [0.15, 0.2) is 0 Å². The van der Waals surface area contributed by atoms with E-state index in [4.69, 9.17) is 11.6 Å². The fraction of sp³-hybridized carbons (Fsp3) is 0.238. The lowest BCUT2D eigenvalue weighted by Gasteiger charge is -2.34. The Bertz CT molecular complexity index is 1220. The largest absolute Gasteiger partial charge is 0.336 e. The first-order chi connectivity index (χ1) is 14.3. The molecule has 2 aromatic carbocycles. The van der Waals surface area contributed by atoms with Gasteiger partial charge in [0.25, 0.3) is 5.91 Å². The van der Waals surface area contributed by atoms with Gasteiger partial charge >= 0.3 is 0 Å². The van der Waals surface area contributed by atoms with E-state index in [9.17, 15) is 17.6 Å². The summed E-state index contributed by atoms with van der Waals surface area (Å²) in [4.78, 5) is 19.2. The standard InChI is InChI=1S/C21H19ClFN3O3S/c1-14-19(13-15-12-16(22)2-7-20(15)24-14)21(27)25-8-10-26(11-9-25)30(28,29)18-5-3-17(23)4-6-18/h2-7,12-13H,8-11H2,1H3. The number of pyridine rings is 1. The van der Waals surface area contributed by atoms with Crippen LogP contribution in [-0.4, -0.2) is 54.7 Å². The maximum atomic E-state index is 13.1. The van der Waals surface area contributed by atoms with Crippen molar-refractivity contribution in [3.8, 4) is 0 Å². The second kappa shape index (κ2) is 7.94. The summed E-state index contributed by atoms with van der Waals surface area (Å²) in [5, 5.41) is 1.33. The van der Waals surface area contributed by atoms with Crippen molar-refractivity contribution in [3.05, 3.63) is 70.6 Å². The number of aromatic nitrogens is 1. The van der Waals surface area contributed by atoms with E-state index in [-0.39, 0.29) is 37.0 Å². The highest BCUT2D eigenvalue weighted by Crippen LogP contribution is 2.23. The van der Waals surface area contributed by atoms with Crippen molar-refractivity contribution in [2.75, 3.05) is 26.2 Å². The summed E-state index contributed by atoms with van der Waals surface area (Å²) in [7, 11) is -3.73. The van der Waals surface area contributed by atoms with Gasteiger partial charge in [-0.05, 0) is 55.5 Å². The van der Waals surface area contributed by atoms with Gasteiger partial charge in [0.05, 0.1) is 21.7 Å². The molecule has 0 atom stereocenters. The van der Waals surface area contributed by atoms with E-state index in [1.165, 1.54) is 16.4 Å². The maximum Gasteiger partial charge on any atom is 0.255 e. The number of sulfonamides is 1. The highest BCUT2D eigenvalue weighted by Gasteiger charge is 2.31. The van der Waals surface area contributed by atoms with Crippen LogP contribution in [0.25, 0.3) is 10.9 Å². The highest BCUT2D eigenvalue weighted by molar-refractivity contribution is 7.89. The van der Waals surface area contributed by atoms with E-state index in [2.05, 4.69) is 4.98 Å². The van der Waals surface area contributed by atoms with Crippen molar-refractivity contribution in [3.63, 3.8) is 0 Å². The van der Waals surface area contributed by atoms with Gasteiger partial charge in [-0.2, -0.15) is 4.31 Å². The molecule has 3 aromatic rings. The maximum absolute atomic E-state index is 13.1. The summed E-state index contributed by atoms with van der Waals surface area (Å²) in [5.41, 5.74) is 1.83. The molecule has 0 radical (unpaired) electrons. The lowest BCUT2D eigenvalue weighted by Crippen LogP contribution is -2.50. The average molecular weight is 448 g/mol. The van der Waals surface area contributed by atoms with Gasteiger partial charge in [0.1, 0.15) is 5.82 Å². The zero-order valence-electron chi connectivity index (χ0n) is 16.2. The molecule has 1 aliphatic rings. The van der Waals surface area contributed by atoms with E-state index < -0.39 is 15.8 Å². The fourth-order valence-corrected chi connectivity index (χ4v) is 5.12. The first kappa shape index (κ1) is 20.7. The van der Waals surface area contributed by atoms with E-state index >= 15 is 0 Å². The Kier molecular flexibility index (Phi) is 5.48. The summed E-state index contributed by atoms with van der Waals surface area (Å²) < 4.78 is 39.9. The van der Waals surface area contributed by atoms with Gasteiger partial charge < -0.3 is 4.90 Å². The van der Waals surface area contributed by atoms with Crippen LogP contribution in [0.15, 0.2) is 53.4 Å². The molecule has 0 N–H and O–H groups in total. The number of carbonyl (C=O) groups excluding carboxylic acids is 1. The van der Waals surface area contributed by atoms with Crippen LogP contribution in [0.1, 0.15) is 16.1 Å². The topological polar surface area (TPSA) is 70.6 Å². The highest BCUT2D eigenvalue weighted by atomic mass is 35.5. The van der Waals surface area contributed by atoms with Gasteiger partial charge in [0, 0.05) is 36.6 Å². The summed E-state index contributed by atoms with van der Waals surface area (Å²) in [5.74, 6) is -0.689. The van der Waals surface area contributed by atoms with Crippen LogP contribution in [0.4, 0.5) is 4.39 Å². The minimum atomic E-state index is -3.73. The molecule has 4 rings (SSSR count). The first-order valence-electron chi connectivity index (χ1n) is 9.37. The SMILES string of the molecule is Cc1nc2ccc(Cl)cc2cc1C(=O)N1CCN(S(=O)(=O)c2ccc(F)cc2)CC1. The van der Waals surface area contributed by atoms with Gasteiger partial charge in [-0.15, -0.1) is 0 Å². The summed E-state index contributed by atoms with van der Waals surface area (Å²) in [6, 6.07) is 11.8. The molecule has 0 spiro atoms. The summed E-state index contributed by atoms with van der Waals surface area (Å²) >= 11 is 6.05. The Hall–Kier alpha value is -2.55. The van der Waals surface area contributed by atoms with Crippen LogP contribution in [0.3, 0.4) is 0 Å². The van der Waals surface area contributed by atoms with E-state index in [0.29, 0.717) is 16.3 Å². The molecule has 1 aromatic heterocycles. The second-order valence-electron chi connectivity index (χ2n) is 7.11. The number of piperazine rings is 1. The van der Waals surface area contributed by atoms with Crippen LogP contribution in [0, 0.1) is 12.7 Å². The molecule has 9 heteroatoms. The minimum absolute atomic E-state index is 0.0372. The monoisotopic (exact) mass is 447 g/mol. The Labute approximate surface area is 178 Å². The lowest BCUT2D eigenvalue weighted by molar-refractivity contribution is 0.0697. The van der Waals surface area contributed by atoms with Crippen molar-refractivity contribution < 1.29 is 17.6 Å². The third-order valence-electron chi connectivity index (χ3n) is 5.18. The molecule has 156 valence electrons. The smallest absolute Gasteiger partial charge is 0.255 e. The molecular formula is C21H19ClFN3O3S. The molecule has 0 saturated carbocycles. The molecule has 2 heterocycles. The van der Waals surface area contributed by atoms with Crippen LogP contribution in [-0.2, 0) is 10.0 Å². The van der Waals surface area contributed by atoms with Crippen LogP contribution in [0.2, 0.25) is 5.02 Å². The number of hydrogen-bond acceptors (Lipinski definition) is 4. The number of rotatable bonds is 3. The quantitative estimate of drug-likeness (QED) is 0.616. The Balaban J connectivity index is 1.51. The molecule has 0 unspecified atom stereocenters. The predicted molar refractivity (Wildman–Crippen MR) is 113 cm³/mol. The molecular weight excluding hydrogens is 429 g/mol. The summed E-state index contributed by atoms with van der Waals surface area (Å²) in [6.45, 7) is 2.61. The van der Waals surface area contributed by atoms with Crippen LogP contribution in [0.5, 0.6) is 0 Å². The number of halogens is 2. The third-order valence-corrected chi connectivity index (χ3v) is 7.32. The Morgan fingerprint density at radius 3 is 2.37 bits per heavy atom. The molecule has 30 heavy (non-hydrogen) atoms. The van der Waals surface area contributed by atoms with Gasteiger partial charge in [-0.3, -0.25) is 9.78 Å². The van der Waals surface area contributed by atoms with Crippen molar-refractivity contribution in [2.45, 2.75) is 11.8 Å². The lowest BCUT2D eigenvalue weighted by atomic mass is 10.1. The normalized spacial score (nSPS) is 15.5. The Morgan fingerprint density at radius 1 is 1.03 bits per heavy atom. The molecule has 1 saturated heterocycles. The van der Waals surface area contributed by atoms with Gasteiger partial charge in [0.2, 0.25) is 10.0 Å². The fourth-order valence-electron chi connectivity index (χ4n) is 3.52. The molecule has 0 bridgehead atoms. The zero-order chi connectivity index (χ0) is 21.5.